The molecule has 1 saturated heterocycles. The van der Waals surface area contributed by atoms with Gasteiger partial charge in [-0.2, -0.15) is 5.10 Å². The molecule has 3 heterocycles. The number of rotatable bonds is 4. The SMILES string of the molecule is COC(=O)N1c2ccc(-c3cnn(C4CNC4)c3)c(OC3CCC3)c2CCC1C. The van der Waals surface area contributed by atoms with E-state index in [-0.39, 0.29) is 18.2 Å². The normalized spacial score (nSPS) is 21.9. The van der Waals surface area contributed by atoms with E-state index >= 15 is 0 Å². The van der Waals surface area contributed by atoms with Crippen LogP contribution in [0.2, 0.25) is 0 Å². The third-order valence-electron chi connectivity index (χ3n) is 6.50. The maximum absolute atomic E-state index is 12.5. The molecule has 2 aromatic rings. The zero-order valence-corrected chi connectivity index (χ0v) is 17.1. The number of benzene rings is 1. The summed E-state index contributed by atoms with van der Waals surface area (Å²) in [4.78, 5) is 14.2. The average molecular weight is 396 g/mol. The largest absolute Gasteiger partial charge is 0.489 e. The second kappa shape index (κ2) is 7.37. The van der Waals surface area contributed by atoms with Crippen molar-refractivity contribution < 1.29 is 14.3 Å². The van der Waals surface area contributed by atoms with Gasteiger partial charge in [-0.1, -0.05) is 0 Å². The third-order valence-corrected chi connectivity index (χ3v) is 6.50. The first-order valence-electron chi connectivity index (χ1n) is 10.6. The van der Waals surface area contributed by atoms with Crippen molar-refractivity contribution in [2.45, 2.75) is 57.2 Å². The monoisotopic (exact) mass is 396 g/mol. The van der Waals surface area contributed by atoms with Gasteiger partial charge in [-0.3, -0.25) is 9.58 Å². The summed E-state index contributed by atoms with van der Waals surface area (Å²) in [6.45, 7) is 3.99. The van der Waals surface area contributed by atoms with Crippen LogP contribution in [0, 0.1) is 0 Å². The number of nitrogens with zero attached hydrogens (tertiary/aromatic N) is 3. The van der Waals surface area contributed by atoms with Crippen molar-refractivity contribution in [2.75, 3.05) is 25.1 Å². The van der Waals surface area contributed by atoms with E-state index < -0.39 is 0 Å². The Labute approximate surface area is 171 Å². The van der Waals surface area contributed by atoms with Crippen molar-refractivity contribution in [1.29, 1.82) is 0 Å². The van der Waals surface area contributed by atoms with E-state index in [1.807, 2.05) is 16.9 Å². The number of carbonyl (C=O) groups is 1. The Balaban J connectivity index is 1.58. The van der Waals surface area contributed by atoms with Gasteiger partial charge in [-0.05, 0) is 51.2 Å². The Hall–Kier alpha value is -2.54. The zero-order chi connectivity index (χ0) is 20.0. The molecule has 2 aliphatic heterocycles. The summed E-state index contributed by atoms with van der Waals surface area (Å²) in [5, 5.41) is 7.88. The standard InChI is InChI=1S/C22H28N4O3/c1-14-6-7-19-20(26(14)22(27)28-2)9-8-18(21(19)29-17-4-3-5-17)15-10-24-25(13-15)16-11-23-12-16/h8-10,13-14,16-17,23H,3-7,11-12H2,1-2H3. The van der Waals surface area contributed by atoms with Gasteiger partial charge < -0.3 is 14.8 Å². The molecule has 3 aliphatic rings. The van der Waals surface area contributed by atoms with Crippen LogP contribution in [0.3, 0.4) is 0 Å². The van der Waals surface area contributed by atoms with E-state index in [0.29, 0.717) is 6.04 Å². The maximum atomic E-state index is 12.5. The molecule has 1 aromatic carbocycles. The number of fused-ring (bicyclic) bond motifs is 1. The van der Waals surface area contributed by atoms with E-state index in [2.05, 4.69) is 29.6 Å². The number of methoxy groups -OCH3 is 1. The molecule has 7 nitrogen and oxygen atoms in total. The summed E-state index contributed by atoms with van der Waals surface area (Å²) in [7, 11) is 1.44. The lowest BCUT2D eigenvalue weighted by molar-refractivity contribution is 0.119. The molecule has 1 aliphatic carbocycles. The lowest BCUT2D eigenvalue weighted by Crippen LogP contribution is -2.43. The van der Waals surface area contributed by atoms with Gasteiger partial charge in [0.25, 0.3) is 0 Å². The van der Waals surface area contributed by atoms with Gasteiger partial charge in [0.1, 0.15) is 5.75 Å². The number of hydrogen-bond acceptors (Lipinski definition) is 5. The molecule has 1 N–H and O–H groups in total. The molecule has 1 saturated carbocycles. The molecule has 0 spiro atoms. The van der Waals surface area contributed by atoms with Crippen LogP contribution in [-0.4, -0.2) is 48.2 Å². The summed E-state index contributed by atoms with van der Waals surface area (Å²) in [5.74, 6) is 0.916. The molecular weight excluding hydrogens is 368 g/mol. The zero-order valence-electron chi connectivity index (χ0n) is 17.1. The molecule has 1 unspecified atom stereocenters. The van der Waals surface area contributed by atoms with E-state index in [4.69, 9.17) is 9.47 Å². The van der Waals surface area contributed by atoms with Crippen molar-refractivity contribution in [3.8, 4) is 16.9 Å². The van der Waals surface area contributed by atoms with E-state index in [9.17, 15) is 4.79 Å². The van der Waals surface area contributed by atoms with E-state index in [1.54, 1.807) is 4.90 Å². The lowest BCUT2D eigenvalue weighted by Gasteiger charge is -2.37. The molecule has 7 heteroatoms. The van der Waals surface area contributed by atoms with Crippen LogP contribution in [-0.2, 0) is 11.2 Å². The fourth-order valence-electron chi connectivity index (χ4n) is 4.34. The topological polar surface area (TPSA) is 68.6 Å². The van der Waals surface area contributed by atoms with Gasteiger partial charge >= 0.3 is 6.09 Å². The van der Waals surface area contributed by atoms with E-state index in [1.165, 1.54) is 13.5 Å². The Bertz CT molecular complexity index is 917. The van der Waals surface area contributed by atoms with Crippen LogP contribution in [0.1, 0.15) is 44.2 Å². The van der Waals surface area contributed by atoms with Crippen LogP contribution >= 0.6 is 0 Å². The number of ether oxygens (including phenoxy) is 2. The molecule has 0 bridgehead atoms. The molecule has 1 atom stereocenters. The van der Waals surface area contributed by atoms with Gasteiger partial charge in [0.15, 0.2) is 0 Å². The molecule has 5 rings (SSSR count). The predicted molar refractivity (Wildman–Crippen MR) is 111 cm³/mol. The predicted octanol–water partition coefficient (Wildman–Crippen LogP) is 3.53. The highest BCUT2D eigenvalue weighted by Gasteiger charge is 2.33. The summed E-state index contributed by atoms with van der Waals surface area (Å²) >= 11 is 0. The number of aromatic nitrogens is 2. The second-order valence-corrected chi connectivity index (χ2v) is 8.36. The Kier molecular flexibility index (Phi) is 4.70. The summed E-state index contributed by atoms with van der Waals surface area (Å²) < 4.78 is 13.6. The quantitative estimate of drug-likeness (QED) is 0.856. The van der Waals surface area contributed by atoms with Gasteiger partial charge in [0, 0.05) is 42.0 Å². The van der Waals surface area contributed by atoms with Crippen molar-refractivity contribution in [2.24, 2.45) is 0 Å². The number of carbonyl (C=O) groups excluding carboxylic acids is 1. The minimum absolute atomic E-state index is 0.103. The summed E-state index contributed by atoms with van der Waals surface area (Å²) in [6.07, 6.45) is 9.16. The van der Waals surface area contributed by atoms with Crippen molar-refractivity contribution in [3.63, 3.8) is 0 Å². The molecule has 29 heavy (non-hydrogen) atoms. The molecule has 0 radical (unpaired) electrons. The third kappa shape index (κ3) is 3.17. The fourth-order valence-corrected chi connectivity index (χ4v) is 4.34. The van der Waals surface area contributed by atoms with Crippen molar-refractivity contribution >= 4 is 11.8 Å². The maximum Gasteiger partial charge on any atom is 0.414 e. The Morgan fingerprint density at radius 1 is 1.24 bits per heavy atom. The number of nitrogens with one attached hydrogen (secondary N) is 1. The van der Waals surface area contributed by atoms with Crippen LogP contribution in [0.25, 0.3) is 11.1 Å². The minimum atomic E-state index is -0.314. The minimum Gasteiger partial charge on any atom is -0.489 e. The first-order valence-corrected chi connectivity index (χ1v) is 10.6. The number of anilines is 1. The fraction of sp³-hybridized carbons (Fsp3) is 0.545. The first-order chi connectivity index (χ1) is 14.2. The smallest absolute Gasteiger partial charge is 0.414 e. The molecule has 1 amide bonds. The molecular formula is C22H28N4O3. The summed E-state index contributed by atoms with van der Waals surface area (Å²) in [5.41, 5.74) is 4.14. The van der Waals surface area contributed by atoms with Crippen LogP contribution in [0.5, 0.6) is 5.75 Å². The number of amides is 1. The number of hydrogen-bond donors (Lipinski definition) is 1. The highest BCUT2D eigenvalue weighted by molar-refractivity contribution is 5.92. The van der Waals surface area contributed by atoms with Crippen molar-refractivity contribution in [1.82, 2.24) is 15.1 Å². The van der Waals surface area contributed by atoms with Gasteiger partial charge in [0.05, 0.1) is 31.1 Å². The van der Waals surface area contributed by atoms with E-state index in [0.717, 1.165) is 66.9 Å². The van der Waals surface area contributed by atoms with Crippen LogP contribution in [0.4, 0.5) is 10.5 Å². The van der Waals surface area contributed by atoms with Crippen LogP contribution < -0.4 is 15.0 Å². The lowest BCUT2D eigenvalue weighted by atomic mass is 9.91. The second-order valence-electron chi connectivity index (χ2n) is 8.36. The van der Waals surface area contributed by atoms with Gasteiger partial charge in [-0.15, -0.1) is 0 Å². The molecule has 2 fully saturated rings. The van der Waals surface area contributed by atoms with Crippen LogP contribution in [0.15, 0.2) is 24.5 Å². The highest BCUT2D eigenvalue weighted by atomic mass is 16.5. The van der Waals surface area contributed by atoms with Crippen molar-refractivity contribution in [3.05, 3.63) is 30.1 Å². The first kappa shape index (κ1) is 18.5. The Morgan fingerprint density at radius 3 is 2.72 bits per heavy atom. The Morgan fingerprint density at radius 2 is 2.07 bits per heavy atom. The summed E-state index contributed by atoms with van der Waals surface area (Å²) in [6, 6.07) is 4.63. The van der Waals surface area contributed by atoms with Gasteiger partial charge in [-0.25, -0.2) is 4.79 Å². The molecule has 1 aromatic heterocycles. The highest BCUT2D eigenvalue weighted by Crippen LogP contribution is 2.44. The average Bonchev–Trinajstić information content (AvgIpc) is 3.11. The molecule has 154 valence electrons. The van der Waals surface area contributed by atoms with Gasteiger partial charge in [0.2, 0.25) is 0 Å².